The third-order valence-electron chi connectivity index (χ3n) is 2.58. The fraction of sp³-hybridized carbons (Fsp3) is 0.250. The van der Waals surface area contributed by atoms with Gasteiger partial charge >= 0.3 is 0 Å². The summed E-state index contributed by atoms with van der Waals surface area (Å²) in [7, 11) is 0. The largest absolute Gasteiger partial charge is 0.310 e. The van der Waals surface area contributed by atoms with Crippen molar-refractivity contribution in [3.63, 3.8) is 0 Å². The Bertz CT molecular complexity index is 480. The van der Waals surface area contributed by atoms with Gasteiger partial charge in [0.2, 0.25) is 5.91 Å². The van der Waals surface area contributed by atoms with E-state index in [4.69, 9.17) is 6.42 Å². The van der Waals surface area contributed by atoms with E-state index in [9.17, 15) is 9.18 Å². The summed E-state index contributed by atoms with van der Waals surface area (Å²) in [5.74, 6) is 2.03. The van der Waals surface area contributed by atoms with E-state index < -0.39 is 0 Å². The fourth-order valence-electron chi connectivity index (χ4n) is 1.75. The van der Waals surface area contributed by atoms with Crippen LogP contribution in [0.25, 0.3) is 0 Å². The van der Waals surface area contributed by atoms with E-state index in [0.717, 1.165) is 0 Å². The van der Waals surface area contributed by atoms with Crippen molar-refractivity contribution in [3.8, 4) is 12.3 Å². The zero-order chi connectivity index (χ0) is 11.7. The van der Waals surface area contributed by atoms with Gasteiger partial charge in [0.05, 0.1) is 10.2 Å². The van der Waals surface area contributed by atoms with Crippen molar-refractivity contribution < 1.29 is 9.18 Å². The Morgan fingerprint density at radius 1 is 1.56 bits per heavy atom. The zero-order valence-corrected chi connectivity index (χ0v) is 10.00. The summed E-state index contributed by atoms with van der Waals surface area (Å²) < 4.78 is 13.6. The second kappa shape index (κ2) is 4.26. The molecule has 82 valence electrons. The van der Waals surface area contributed by atoms with Crippen LogP contribution in [0, 0.1) is 24.1 Å². The van der Waals surface area contributed by atoms with Gasteiger partial charge in [0.1, 0.15) is 5.82 Å². The van der Waals surface area contributed by atoms with Crippen molar-refractivity contribution in [2.24, 2.45) is 5.92 Å². The molecule has 2 rings (SSSR count). The molecule has 1 saturated heterocycles. The molecule has 1 heterocycles. The highest BCUT2D eigenvalue weighted by Crippen LogP contribution is 2.32. The molecule has 0 saturated carbocycles. The monoisotopic (exact) mass is 281 g/mol. The van der Waals surface area contributed by atoms with Crippen LogP contribution >= 0.6 is 15.9 Å². The van der Waals surface area contributed by atoms with Crippen LogP contribution in [0.2, 0.25) is 0 Å². The third kappa shape index (κ3) is 1.83. The fourth-order valence-corrected chi connectivity index (χ4v) is 2.23. The van der Waals surface area contributed by atoms with Crippen LogP contribution < -0.4 is 4.90 Å². The van der Waals surface area contributed by atoms with Crippen molar-refractivity contribution in [2.75, 3.05) is 11.4 Å². The van der Waals surface area contributed by atoms with Gasteiger partial charge in [-0.15, -0.1) is 12.3 Å². The smallest absolute Gasteiger partial charge is 0.228 e. The Morgan fingerprint density at radius 2 is 2.31 bits per heavy atom. The highest BCUT2D eigenvalue weighted by Gasteiger charge is 2.30. The number of hydrogen-bond donors (Lipinski definition) is 0. The van der Waals surface area contributed by atoms with Gasteiger partial charge in [0.25, 0.3) is 0 Å². The van der Waals surface area contributed by atoms with Crippen molar-refractivity contribution in [3.05, 3.63) is 28.5 Å². The summed E-state index contributed by atoms with van der Waals surface area (Å²) >= 11 is 3.14. The van der Waals surface area contributed by atoms with E-state index in [1.54, 1.807) is 12.1 Å². The predicted molar refractivity (Wildman–Crippen MR) is 63.4 cm³/mol. The van der Waals surface area contributed by atoms with Crippen LogP contribution in [0.1, 0.15) is 6.42 Å². The first-order valence-electron chi connectivity index (χ1n) is 4.84. The molecule has 1 aromatic carbocycles. The molecule has 1 amide bonds. The number of terminal acetylenes is 1. The number of nitrogens with zero attached hydrogens (tertiary/aromatic N) is 1. The number of anilines is 1. The molecule has 0 aromatic heterocycles. The number of halogens is 2. The van der Waals surface area contributed by atoms with Crippen LogP contribution in [-0.2, 0) is 4.79 Å². The Balaban J connectivity index is 2.36. The van der Waals surface area contributed by atoms with E-state index in [0.29, 0.717) is 23.1 Å². The van der Waals surface area contributed by atoms with Gasteiger partial charge in [-0.3, -0.25) is 4.79 Å². The van der Waals surface area contributed by atoms with E-state index in [1.807, 2.05) is 0 Å². The summed E-state index contributed by atoms with van der Waals surface area (Å²) in [6.45, 7) is 0.456. The minimum Gasteiger partial charge on any atom is -0.310 e. The molecule has 4 heteroatoms. The SMILES string of the molecule is C#CC1CC(=O)N(c2cccc(F)c2Br)C1. The van der Waals surface area contributed by atoms with Gasteiger partial charge in [0.15, 0.2) is 0 Å². The first-order chi connectivity index (χ1) is 7.63. The normalized spacial score (nSPS) is 19.9. The van der Waals surface area contributed by atoms with E-state index in [2.05, 4.69) is 21.9 Å². The molecule has 0 N–H and O–H groups in total. The second-order valence-corrected chi connectivity index (χ2v) is 4.44. The molecule has 16 heavy (non-hydrogen) atoms. The molecule has 1 atom stereocenters. The Labute approximate surface area is 102 Å². The van der Waals surface area contributed by atoms with E-state index in [1.165, 1.54) is 11.0 Å². The van der Waals surface area contributed by atoms with Gasteiger partial charge < -0.3 is 4.90 Å². The molecule has 1 aliphatic heterocycles. The maximum Gasteiger partial charge on any atom is 0.228 e. The van der Waals surface area contributed by atoms with Gasteiger partial charge in [-0.05, 0) is 28.1 Å². The molecule has 0 radical (unpaired) electrons. The van der Waals surface area contributed by atoms with Crippen LogP contribution in [0.15, 0.2) is 22.7 Å². The number of hydrogen-bond acceptors (Lipinski definition) is 1. The summed E-state index contributed by atoms with van der Waals surface area (Å²) in [6.07, 6.45) is 5.62. The predicted octanol–water partition coefficient (Wildman–Crippen LogP) is 2.57. The van der Waals surface area contributed by atoms with Gasteiger partial charge in [0, 0.05) is 18.9 Å². The Hall–Kier alpha value is -1.34. The molecular formula is C12H9BrFNO. The maximum absolute atomic E-state index is 13.3. The lowest BCUT2D eigenvalue weighted by Crippen LogP contribution is -2.24. The first-order valence-corrected chi connectivity index (χ1v) is 5.63. The topological polar surface area (TPSA) is 20.3 Å². The highest BCUT2D eigenvalue weighted by atomic mass is 79.9. The van der Waals surface area contributed by atoms with Crippen LogP contribution in [0.5, 0.6) is 0 Å². The van der Waals surface area contributed by atoms with Crippen molar-refractivity contribution >= 4 is 27.5 Å². The Kier molecular flexibility index (Phi) is 2.97. The average molecular weight is 282 g/mol. The molecular weight excluding hydrogens is 273 g/mol. The van der Waals surface area contributed by atoms with Crippen molar-refractivity contribution in [1.82, 2.24) is 0 Å². The van der Waals surface area contributed by atoms with Gasteiger partial charge in [-0.2, -0.15) is 0 Å². The maximum atomic E-state index is 13.3. The van der Waals surface area contributed by atoms with E-state index in [-0.39, 0.29) is 17.6 Å². The zero-order valence-electron chi connectivity index (χ0n) is 8.41. The van der Waals surface area contributed by atoms with Crippen molar-refractivity contribution in [1.29, 1.82) is 0 Å². The number of carbonyl (C=O) groups is 1. The number of benzene rings is 1. The molecule has 0 bridgehead atoms. The molecule has 2 nitrogen and oxygen atoms in total. The lowest BCUT2D eigenvalue weighted by molar-refractivity contribution is -0.117. The minimum absolute atomic E-state index is 0.0609. The summed E-state index contributed by atoms with van der Waals surface area (Å²) in [5, 5.41) is 0. The Morgan fingerprint density at radius 3 is 2.94 bits per heavy atom. The standard InChI is InChI=1S/C12H9BrFNO/c1-2-8-6-11(16)15(7-8)10-5-3-4-9(14)12(10)13/h1,3-5,8H,6-7H2. The quantitative estimate of drug-likeness (QED) is 0.725. The third-order valence-corrected chi connectivity index (χ3v) is 3.37. The summed E-state index contributed by atoms with van der Waals surface area (Å²) in [5.41, 5.74) is 0.544. The molecule has 0 aliphatic carbocycles. The molecule has 0 spiro atoms. The minimum atomic E-state index is -0.380. The number of amides is 1. The number of carbonyl (C=O) groups excluding carboxylic acids is 1. The van der Waals surface area contributed by atoms with Crippen LogP contribution in [-0.4, -0.2) is 12.5 Å². The molecule has 1 fully saturated rings. The molecule has 1 aliphatic rings. The van der Waals surface area contributed by atoms with Crippen molar-refractivity contribution in [2.45, 2.75) is 6.42 Å². The summed E-state index contributed by atoms with van der Waals surface area (Å²) in [4.78, 5) is 13.2. The lowest BCUT2D eigenvalue weighted by atomic mass is 10.1. The van der Waals surface area contributed by atoms with E-state index >= 15 is 0 Å². The second-order valence-electron chi connectivity index (χ2n) is 3.65. The first kappa shape index (κ1) is 11.2. The van der Waals surface area contributed by atoms with Crippen LogP contribution in [0.3, 0.4) is 0 Å². The van der Waals surface area contributed by atoms with Gasteiger partial charge in [-0.25, -0.2) is 4.39 Å². The summed E-state index contributed by atoms with van der Waals surface area (Å²) in [6, 6.07) is 4.61. The number of rotatable bonds is 1. The van der Waals surface area contributed by atoms with Crippen LogP contribution in [0.4, 0.5) is 10.1 Å². The highest BCUT2D eigenvalue weighted by molar-refractivity contribution is 9.10. The molecule has 1 unspecified atom stereocenters. The lowest BCUT2D eigenvalue weighted by Gasteiger charge is -2.17. The molecule has 1 aromatic rings. The van der Waals surface area contributed by atoms with Gasteiger partial charge in [-0.1, -0.05) is 6.07 Å². The average Bonchev–Trinajstić information content (AvgIpc) is 2.64.